The molecule has 0 spiro atoms. The quantitative estimate of drug-likeness (QED) is 0.659. The first kappa shape index (κ1) is 13.5. The van der Waals surface area contributed by atoms with E-state index in [9.17, 15) is 8.78 Å². The number of nitrogens with two attached hydrogens (primary N) is 1. The molecule has 0 fully saturated rings. The molecule has 102 valence electrons. The van der Waals surface area contributed by atoms with Gasteiger partial charge in [0.25, 0.3) is 0 Å². The summed E-state index contributed by atoms with van der Waals surface area (Å²) in [6, 6.07) is 6.40. The zero-order chi connectivity index (χ0) is 14.0. The van der Waals surface area contributed by atoms with E-state index in [-0.39, 0.29) is 11.7 Å². The Labute approximate surface area is 109 Å². The number of hydrazine groups is 1. The molecule has 0 atom stereocenters. The smallest absolute Gasteiger partial charge is 0.387 e. The van der Waals surface area contributed by atoms with Crippen LogP contribution in [-0.2, 0) is 0 Å². The first-order valence-electron chi connectivity index (χ1n) is 5.87. The maximum atomic E-state index is 12.2. The van der Waals surface area contributed by atoms with E-state index >= 15 is 0 Å². The van der Waals surface area contributed by atoms with Crippen LogP contribution in [0.25, 0.3) is 10.9 Å². The summed E-state index contributed by atoms with van der Waals surface area (Å²) in [5.74, 6) is 5.80. The van der Waals surface area contributed by atoms with Gasteiger partial charge >= 0.3 is 6.61 Å². The van der Waals surface area contributed by atoms with Crippen molar-refractivity contribution in [1.29, 1.82) is 0 Å². The second-order valence-corrected chi connectivity index (χ2v) is 4.45. The monoisotopic (exact) mass is 267 g/mol. The zero-order valence-electron chi connectivity index (χ0n) is 10.7. The Morgan fingerprint density at radius 3 is 2.58 bits per heavy atom. The van der Waals surface area contributed by atoms with Crippen LogP contribution in [0.15, 0.2) is 24.3 Å². The Morgan fingerprint density at radius 1 is 1.26 bits per heavy atom. The highest BCUT2D eigenvalue weighted by atomic mass is 19.3. The van der Waals surface area contributed by atoms with Crippen molar-refractivity contribution in [3.05, 3.63) is 30.0 Å². The molecule has 2 rings (SSSR count). The van der Waals surface area contributed by atoms with E-state index in [1.165, 1.54) is 12.1 Å². The van der Waals surface area contributed by atoms with Crippen LogP contribution >= 0.6 is 0 Å². The summed E-state index contributed by atoms with van der Waals surface area (Å²) in [4.78, 5) is 4.46. The standard InChI is InChI=1S/C13H15F2N3O/c1-7(2)11-6-12(18-16)9-5-8(19-13(14)15)3-4-10(9)17-11/h3-7,13H,16H2,1-2H3,(H,17,18). The van der Waals surface area contributed by atoms with Crippen LogP contribution in [0.1, 0.15) is 25.5 Å². The highest BCUT2D eigenvalue weighted by Crippen LogP contribution is 2.29. The average Bonchev–Trinajstić information content (AvgIpc) is 2.36. The van der Waals surface area contributed by atoms with Gasteiger partial charge in [0.1, 0.15) is 5.75 Å². The molecule has 0 aliphatic carbocycles. The van der Waals surface area contributed by atoms with E-state index in [0.717, 1.165) is 5.69 Å². The predicted molar refractivity (Wildman–Crippen MR) is 70.3 cm³/mol. The number of hydrogen-bond donors (Lipinski definition) is 2. The minimum absolute atomic E-state index is 0.0816. The average molecular weight is 267 g/mol. The van der Waals surface area contributed by atoms with Crippen molar-refractivity contribution in [3.8, 4) is 5.75 Å². The molecular formula is C13H15F2N3O. The van der Waals surface area contributed by atoms with Gasteiger partial charge in [-0.25, -0.2) is 0 Å². The number of halogens is 2. The molecule has 0 aliphatic heterocycles. The van der Waals surface area contributed by atoms with E-state index < -0.39 is 6.61 Å². The van der Waals surface area contributed by atoms with E-state index in [1.807, 2.05) is 13.8 Å². The van der Waals surface area contributed by atoms with Crippen LogP contribution in [0.3, 0.4) is 0 Å². The summed E-state index contributed by atoms with van der Waals surface area (Å²) in [7, 11) is 0. The number of fused-ring (bicyclic) bond motifs is 1. The largest absolute Gasteiger partial charge is 0.435 e. The summed E-state index contributed by atoms with van der Waals surface area (Å²) in [6.07, 6.45) is 0. The number of pyridine rings is 1. The molecule has 19 heavy (non-hydrogen) atoms. The SMILES string of the molecule is CC(C)c1cc(NN)c2cc(OC(F)F)ccc2n1. The van der Waals surface area contributed by atoms with Crippen molar-refractivity contribution in [3.63, 3.8) is 0 Å². The molecule has 0 saturated carbocycles. The van der Waals surface area contributed by atoms with Crippen molar-refractivity contribution in [2.45, 2.75) is 26.4 Å². The molecular weight excluding hydrogens is 252 g/mol. The van der Waals surface area contributed by atoms with Gasteiger partial charge in [0.15, 0.2) is 0 Å². The number of rotatable bonds is 4. The van der Waals surface area contributed by atoms with E-state index in [1.54, 1.807) is 12.1 Å². The number of nitrogens with one attached hydrogen (secondary N) is 1. The third-order valence-corrected chi connectivity index (χ3v) is 2.77. The molecule has 1 heterocycles. The molecule has 1 aromatic heterocycles. The van der Waals surface area contributed by atoms with Gasteiger partial charge in [-0.2, -0.15) is 8.78 Å². The Kier molecular flexibility index (Phi) is 3.80. The molecule has 0 aliphatic rings. The summed E-state index contributed by atoms with van der Waals surface area (Å²) in [5, 5.41) is 0.644. The number of benzene rings is 1. The maximum absolute atomic E-state index is 12.2. The van der Waals surface area contributed by atoms with E-state index in [2.05, 4.69) is 15.1 Å². The van der Waals surface area contributed by atoms with Gasteiger partial charge in [-0.1, -0.05) is 13.8 Å². The van der Waals surface area contributed by atoms with E-state index in [0.29, 0.717) is 16.6 Å². The van der Waals surface area contributed by atoms with Crippen molar-refractivity contribution in [1.82, 2.24) is 4.98 Å². The highest BCUT2D eigenvalue weighted by molar-refractivity contribution is 5.92. The Hall–Kier alpha value is -1.95. The number of ether oxygens (including phenoxy) is 1. The third kappa shape index (κ3) is 2.90. The lowest BCUT2D eigenvalue weighted by molar-refractivity contribution is -0.0497. The van der Waals surface area contributed by atoms with Crippen LogP contribution < -0.4 is 16.0 Å². The first-order chi connectivity index (χ1) is 9.01. The molecule has 2 aromatic rings. The van der Waals surface area contributed by atoms with Gasteiger partial charge < -0.3 is 10.2 Å². The fourth-order valence-corrected chi connectivity index (χ4v) is 1.82. The lowest BCUT2D eigenvalue weighted by Gasteiger charge is -2.12. The Balaban J connectivity index is 2.55. The molecule has 1 aromatic carbocycles. The topological polar surface area (TPSA) is 60.2 Å². The molecule has 6 heteroatoms. The van der Waals surface area contributed by atoms with Gasteiger partial charge in [-0.15, -0.1) is 0 Å². The minimum Gasteiger partial charge on any atom is -0.435 e. The zero-order valence-corrected chi connectivity index (χ0v) is 10.7. The van der Waals surface area contributed by atoms with Crippen LogP contribution in [0.2, 0.25) is 0 Å². The van der Waals surface area contributed by atoms with Crippen molar-refractivity contribution >= 4 is 16.6 Å². The lowest BCUT2D eigenvalue weighted by atomic mass is 10.1. The van der Waals surface area contributed by atoms with E-state index in [4.69, 9.17) is 5.84 Å². The van der Waals surface area contributed by atoms with Crippen LogP contribution in [0.5, 0.6) is 5.75 Å². The summed E-state index contributed by atoms with van der Waals surface area (Å²) in [6.45, 7) is 1.18. The molecule has 0 bridgehead atoms. The van der Waals surface area contributed by atoms with Gasteiger partial charge in [0.2, 0.25) is 0 Å². The normalized spacial score (nSPS) is 11.3. The van der Waals surface area contributed by atoms with Gasteiger partial charge in [0.05, 0.1) is 11.2 Å². The predicted octanol–water partition coefficient (Wildman–Crippen LogP) is 3.25. The molecule has 0 saturated heterocycles. The molecule has 4 nitrogen and oxygen atoms in total. The van der Waals surface area contributed by atoms with Crippen molar-refractivity contribution in [2.24, 2.45) is 5.84 Å². The first-order valence-corrected chi connectivity index (χ1v) is 5.87. The molecule has 3 N–H and O–H groups in total. The summed E-state index contributed by atoms with van der Waals surface area (Å²) < 4.78 is 28.8. The molecule has 0 radical (unpaired) electrons. The number of nitrogens with zero attached hydrogens (tertiary/aromatic N) is 1. The van der Waals surface area contributed by atoms with Crippen molar-refractivity contribution < 1.29 is 13.5 Å². The van der Waals surface area contributed by atoms with Crippen LogP contribution in [-0.4, -0.2) is 11.6 Å². The van der Waals surface area contributed by atoms with Crippen LogP contribution in [0.4, 0.5) is 14.5 Å². The van der Waals surface area contributed by atoms with Crippen molar-refractivity contribution in [2.75, 3.05) is 5.43 Å². The summed E-state index contributed by atoms with van der Waals surface area (Å²) >= 11 is 0. The summed E-state index contributed by atoms with van der Waals surface area (Å²) in [5.41, 5.74) is 4.75. The Bertz CT molecular complexity index is 587. The number of anilines is 1. The van der Waals surface area contributed by atoms with Crippen LogP contribution in [0, 0.1) is 0 Å². The number of alkyl halides is 2. The fraction of sp³-hybridized carbons (Fsp3) is 0.308. The number of hydrogen-bond acceptors (Lipinski definition) is 4. The molecule has 0 unspecified atom stereocenters. The number of nitrogen functional groups attached to an aromatic ring is 1. The lowest BCUT2D eigenvalue weighted by Crippen LogP contribution is -2.09. The van der Waals surface area contributed by atoms with Gasteiger partial charge in [0, 0.05) is 11.1 Å². The minimum atomic E-state index is -2.85. The maximum Gasteiger partial charge on any atom is 0.387 e. The molecule has 0 amide bonds. The number of aromatic nitrogens is 1. The van der Waals surface area contributed by atoms with Gasteiger partial charge in [-0.3, -0.25) is 10.8 Å². The third-order valence-electron chi connectivity index (χ3n) is 2.77. The van der Waals surface area contributed by atoms with Gasteiger partial charge in [-0.05, 0) is 30.2 Å². The second kappa shape index (κ2) is 5.36. The Morgan fingerprint density at radius 2 is 2.00 bits per heavy atom. The second-order valence-electron chi connectivity index (χ2n) is 4.45. The fourth-order valence-electron chi connectivity index (χ4n) is 1.82. The highest BCUT2D eigenvalue weighted by Gasteiger charge is 2.10.